The zero-order chi connectivity index (χ0) is 21.7. The minimum absolute atomic E-state index is 0.229. The third kappa shape index (κ3) is 5.62. The number of ether oxygens (including phenoxy) is 1. The van der Waals surface area contributed by atoms with Crippen LogP contribution in [0.25, 0.3) is 0 Å². The van der Waals surface area contributed by atoms with Crippen LogP contribution in [0.4, 0.5) is 0 Å². The number of amides is 1. The van der Waals surface area contributed by atoms with E-state index in [9.17, 15) is 13.2 Å². The summed E-state index contributed by atoms with van der Waals surface area (Å²) in [7, 11) is -3.25. The number of carbonyl (C=O) groups is 1. The molecule has 0 spiro atoms. The first kappa shape index (κ1) is 21.9. The fourth-order valence-corrected chi connectivity index (χ4v) is 3.67. The Morgan fingerprint density at radius 2 is 1.63 bits per heavy atom. The molecular weight excluding hydrogens is 422 g/mol. The summed E-state index contributed by atoms with van der Waals surface area (Å²) in [6.07, 6.45) is 1.16. The molecule has 1 unspecified atom stereocenters. The van der Waals surface area contributed by atoms with Gasteiger partial charge < -0.3 is 10.1 Å². The van der Waals surface area contributed by atoms with Crippen molar-refractivity contribution in [2.75, 3.05) is 6.26 Å². The van der Waals surface area contributed by atoms with Crippen LogP contribution in [-0.4, -0.2) is 20.6 Å². The van der Waals surface area contributed by atoms with Gasteiger partial charge in [-0.25, -0.2) is 8.42 Å². The predicted molar refractivity (Wildman–Crippen MR) is 118 cm³/mol. The lowest BCUT2D eigenvalue weighted by molar-refractivity contribution is 0.0940. The van der Waals surface area contributed by atoms with Gasteiger partial charge in [0.05, 0.1) is 10.9 Å². The zero-order valence-corrected chi connectivity index (χ0v) is 18.2. The molecule has 7 heteroatoms. The number of rotatable bonds is 7. The average Bonchev–Trinajstić information content (AvgIpc) is 2.73. The van der Waals surface area contributed by atoms with Crippen molar-refractivity contribution in [3.63, 3.8) is 0 Å². The fraction of sp³-hybridized carbons (Fsp3) is 0.174. The summed E-state index contributed by atoms with van der Waals surface area (Å²) in [5.41, 5.74) is 2.20. The molecule has 3 rings (SSSR count). The highest BCUT2D eigenvalue weighted by atomic mass is 35.5. The van der Waals surface area contributed by atoms with Gasteiger partial charge in [0.25, 0.3) is 5.91 Å². The first-order valence-electron chi connectivity index (χ1n) is 9.31. The van der Waals surface area contributed by atoms with Crippen molar-refractivity contribution in [1.29, 1.82) is 0 Å². The minimum Gasteiger partial charge on any atom is -0.489 e. The Morgan fingerprint density at radius 1 is 1.00 bits per heavy atom. The van der Waals surface area contributed by atoms with Gasteiger partial charge in [0.2, 0.25) is 0 Å². The van der Waals surface area contributed by atoms with Gasteiger partial charge in [-0.3, -0.25) is 4.79 Å². The molecule has 0 aliphatic carbocycles. The number of carbonyl (C=O) groups excluding carboxylic acids is 1. The van der Waals surface area contributed by atoms with Crippen LogP contribution in [-0.2, 0) is 16.4 Å². The molecule has 0 fully saturated rings. The third-order valence-corrected chi connectivity index (χ3v) is 6.12. The number of nitrogens with one attached hydrogen (secondary N) is 1. The van der Waals surface area contributed by atoms with E-state index < -0.39 is 9.84 Å². The summed E-state index contributed by atoms with van der Waals surface area (Å²) in [5, 5.41) is 3.55. The molecule has 0 heterocycles. The van der Waals surface area contributed by atoms with Crippen molar-refractivity contribution in [3.8, 4) is 5.75 Å². The lowest BCUT2D eigenvalue weighted by atomic mass is 10.1. The van der Waals surface area contributed by atoms with Crippen LogP contribution in [0.2, 0.25) is 5.02 Å². The van der Waals surface area contributed by atoms with Crippen LogP contribution in [0, 0.1) is 0 Å². The standard InChI is InChI=1S/C23H22ClNO4S/c1-16(17-9-13-21(14-10-17)30(2,27)28)25-23(26)18-7-11-20(12-8-18)29-15-19-5-3-4-6-22(19)24/h3-14,16H,15H2,1-2H3,(H,25,26). The van der Waals surface area contributed by atoms with Gasteiger partial charge in [0.15, 0.2) is 9.84 Å². The zero-order valence-electron chi connectivity index (χ0n) is 16.6. The maximum Gasteiger partial charge on any atom is 0.251 e. The SMILES string of the molecule is CC(NC(=O)c1ccc(OCc2ccccc2Cl)cc1)c1ccc(S(C)(=O)=O)cc1. The molecule has 1 amide bonds. The van der Waals surface area contributed by atoms with Crippen molar-refractivity contribution in [2.45, 2.75) is 24.5 Å². The number of benzene rings is 3. The smallest absolute Gasteiger partial charge is 0.251 e. The van der Waals surface area contributed by atoms with E-state index in [1.807, 2.05) is 31.2 Å². The highest BCUT2D eigenvalue weighted by Gasteiger charge is 2.13. The lowest BCUT2D eigenvalue weighted by Gasteiger charge is -2.15. The van der Waals surface area contributed by atoms with E-state index in [1.165, 1.54) is 0 Å². The second-order valence-electron chi connectivity index (χ2n) is 6.94. The molecular formula is C23H22ClNO4S. The molecule has 5 nitrogen and oxygen atoms in total. The normalized spacial score (nSPS) is 12.2. The average molecular weight is 444 g/mol. The van der Waals surface area contributed by atoms with Gasteiger partial charge in [0, 0.05) is 22.4 Å². The molecule has 0 aliphatic heterocycles. The number of halogens is 1. The minimum atomic E-state index is -3.25. The summed E-state index contributed by atoms with van der Waals surface area (Å²) in [5.74, 6) is 0.406. The van der Waals surface area contributed by atoms with Crippen LogP contribution in [0.3, 0.4) is 0 Å². The molecule has 0 aromatic heterocycles. The van der Waals surface area contributed by atoms with Gasteiger partial charge in [-0.05, 0) is 55.0 Å². The Balaban J connectivity index is 1.59. The van der Waals surface area contributed by atoms with E-state index in [0.29, 0.717) is 22.9 Å². The largest absolute Gasteiger partial charge is 0.489 e. The van der Waals surface area contributed by atoms with E-state index in [-0.39, 0.29) is 16.8 Å². The van der Waals surface area contributed by atoms with E-state index >= 15 is 0 Å². The fourth-order valence-electron chi connectivity index (χ4n) is 2.85. The number of sulfone groups is 1. The molecule has 0 saturated carbocycles. The summed E-state index contributed by atoms with van der Waals surface area (Å²) < 4.78 is 28.9. The highest BCUT2D eigenvalue weighted by molar-refractivity contribution is 7.90. The molecule has 0 aliphatic rings. The summed E-state index contributed by atoms with van der Waals surface area (Å²) in [4.78, 5) is 12.8. The van der Waals surface area contributed by atoms with Crippen LogP contribution in [0.15, 0.2) is 77.7 Å². The molecule has 0 radical (unpaired) electrons. The van der Waals surface area contributed by atoms with E-state index in [4.69, 9.17) is 16.3 Å². The van der Waals surface area contributed by atoms with Crippen LogP contribution >= 0.6 is 11.6 Å². The number of hydrogen-bond acceptors (Lipinski definition) is 4. The van der Waals surface area contributed by atoms with Gasteiger partial charge in [0.1, 0.15) is 12.4 Å². The van der Waals surface area contributed by atoms with Gasteiger partial charge >= 0.3 is 0 Å². The van der Waals surface area contributed by atoms with Crippen LogP contribution < -0.4 is 10.1 Å². The Morgan fingerprint density at radius 3 is 2.23 bits per heavy atom. The maximum atomic E-state index is 12.5. The molecule has 0 saturated heterocycles. The molecule has 156 valence electrons. The second-order valence-corrected chi connectivity index (χ2v) is 9.36. The third-order valence-electron chi connectivity index (χ3n) is 4.62. The van der Waals surface area contributed by atoms with E-state index in [2.05, 4.69) is 5.32 Å². The van der Waals surface area contributed by atoms with Crippen molar-refractivity contribution >= 4 is 27.3 Å². The van der Waals surface area contributed by atoms with Gasteiger partial charge in [-0.15, -0.1) is 0 Å². The summed E-state index contributed by atoms with van der Waals surface area (Å²) in [6.45, 7) is 2.18. The number of hydrogen-bond donors (Lipinski definition) is 1. The molecule has 30 heavy (non-hydrogen) atoms. The van der Waals surface area contributed by atoms with E-state index in [0.717, 1.165) is 17.4 Å². The monoisotopic (exact) mass is 443 g/mol. The van der Waals surface area contributed by atoms with Gasteiger partial charge in [-0.1, -0.05) is 41.9 Å². The summed E-state index contributed by atoms with van der Waals surface area (Å²) >= 11 is 6.12. The first-order valence-corrected chi connectivity index (χ1v) is 11.6. The van der Waals surface area contributed by atoms with Crippen molar-refractivity contribution in [1.82, 2.24) is 5.32 Å². The topological polar surface area (TPSA) is 72.5 Å². The molecule has 1 N–H and O–H groups in total. The molecule has 3 aromatic carbocycles. The Hall–Kier alpha value is -2.83. The van der Waals surface area contributed by atoms with Crippen molar-refractivity contribution in [2.24, 2.45) is 0 Å². The molecule has 0 bridgehead atoms. The van der Waals surface area contributed by atoms with Crippen molar-refractivity contribution < 1.29 is 17.9 Å². The molecule has 3 aromatic rings. The van der Waals surface area contributed by atoms with Crippen LogP contribution in [0.5, 0.6) is 5.75 Å². The van der Waals surface area contributed by atoms with Gasteiger partial charge in [-0.2, -0.15) is 0 Å². The van der Waals surface area contributed by atoms with Crippen molar-refractivity contribution in [3.05, 3.63) is 94.5 Å². The molecule has 1 atom stereocenters. The summed E-state index contributed by atoms with van der Waals surface area (Å²) in [6, 6.07) is 20.5. The predicted octanol–water partition coefficient (Wildman–Crippen LogP) is 4.81. The lowest BCUT2D eigenvalue weighted by Crippen LogP contribution is -2.26. The Kier molecular flexibility index (Phi) is 6.80. The van der Waals surface area contributed by atoms with E-state index in [1.54, 1.807) is 48.5 Å². The maximum absolute atomic E-state index is 12.5. The highest BCUT2D eigenvalue weighted by Crippen LogP contribution is 2.20. The second kappa shape index (κ2) is 9.32. The Labute approximate surface area is 181 Å². The first-order chi connectivity index (χ1) is 14.2. The van der Waals surface area contributed by atoms with Crippen LogP contribution in [0.1, 0.15) is 34.5 Å². The quantitative estimate of drug-likeness (QED) is 0.568. The Bertz CT molecular complexity index is 1130.